The minimum Gasteiger partial charge on any atom is -0.324 e. The van der Waals surface area contributed by atoms with Gasteiger partial charge in [-0.3, -0.25) is 14.0 Å². The second kappa shape index (κ2) is 8.81. The number of rotatable bonds is 4. The summed E-state index contributed by atoms with van der Waals surface area (Å²) in [6.45, 7) is 2.76. The van der Waals surface area contributed by atoms with Gasteiger partial charge in [0.05, 0.1) is 11.4 Å². The predicted molar refractivity (Wildman–Crippen MR) is 136 cm³/mol. The number of thioether (sulfide) groups is 1. The van der Waals surface area contributed by atoms with Crippen molar-refractivity contribution in [3.63, 3.8) is 0 Å². The van der Waals surface area contributed by atoms with Gasteiger partial charge in [0.1, 0.15) is 11.2 Å². The number of hydrogen-bond acceptors (Lipinski definition) is 6. The zero-order valence-corrected chi connectivity index (χ0v) is 20.2. The van der Waals surface area contributed by atoms with E-state index in [4.69, 9.17) is 4.98 Å². The number of aryl methyl sites for hydroxylation is 1. The summed E-state index contributed by atoms with van der Waals surface area (Å²) in [5, 5.41) is 5.40. The molecule has 3 aliphatic heterocycles. The molecule has 0 atom stereocenters. The fourth-order valence-corrected chi connectivity index (χ4v) is 5.61. The van der Waals surface area contributed by atoms with Gasteiger partial charge >= 0.3 is 0 Å². The van der Waals surface area contributed by atoms with E-state index < -0.39 is 0 Å². The normalized spacial score (nSPS) is 13.7. The summed E-state index contributed by atoms with van der Waals surface area (Å²) in [6, 6.07) is 14.9. The molecule has 0 aliphatic carbocycles. The van der Waals surface area contributed by atoms with E-state index in [0.29, 0.717) is 28.5 Å². The number of benzene rings is 1. The average molecular weight is 485 g/mol. The van der Waals surface area contributed by atoms with Crippen LogP contribution in [0, 0.1) is 6.92 Å². The van der Waals surface area contributed by atoms with Gasteiger partial charge in [-0.2, -0.15) is 4.68 Å². The Bertz CT molecular complexity index is 1640. The number of hydrogen-bond donors (Lipinski definition) is 0. The number of nitrogens with zero attached hydrogens (tertiary/aromatic N) is 6. The van der Waals surface area contributed by atoms with Crippen LogP contribution in [0.4, 0.5) is 0 Å². The fourth-order valence-electron chi connectivity index (χ4n) is 4.68. The lowest BCUT2D eigenvalue weighted by Crippen LogP contribution is -2.19. The van der Waals surface area contributed by atoms with Gasteiger partial charge in [-0.15, -0.1) is 5.10 Å². The van der Waals surface area contributed by atoms with Crippen molar-refractivity contribution in [3.05, 3.63) is 92.4 Å². The zero-order chi connectivity index (χ0) is 23.9. The van der Waals surface area contributed by atoms with E-state index in [1.807, 2.05) is 49.4 Å². The van der Waals surface area contributed by atoms with Crippen molar-refractivity contribution in [2.75, 3.05) is 0 Å². The van der Waals surface area contributed by atoms with Gasteiger partial charge in [-0.25, -0.2) is 9.97 Å². The van der Waals surface area contributed by atoms with E-state index in [2.05, 4.69) is 14.6 Å². The maximum absolute atomic E-state index is 13.4. The summed E-state index contributed by atoms with van der Waals surface area (Å²) in [4.78, 5) is 35.5. The van der Waals surface area contributed by atoms with Gasteiger partial charge in [0.15, 0.2) is 11.0 Å². The number of fused-ring (bicyclic) bond motifs is 4. The third-order valence-corrected chi connectivity index (χ3v) is 7.39. The molecule has 5 heterocycles. The summed E-state index contributed by atoms with van der Waals surface area (Å²) >= 11 is 1.53. The molecule has 35 heavy (non-hydrogen) atoms. The monoisotopic (exact) mass is 484 g/mol. The zero-order valence-electron chi connectivity index (χ0n) is 19.3. The highest BCUT2D eigenvalue weighted by Gasteiger charge is 2.27. The molecule has 0 amide bonds. The van der Waals surface area contributed by atoms with Crippen molar-refractivity contribution in [3.8, 4) is 17.1 Å². The highest BCUT2D eigenvalue weighted by Crippen LogP contribution is 2.31. The first-order valence-electron chi connectivity index (χ1n) is 11.8. The maximum atomic E-state index is 13.4. The van der Waals surface area contributed by atoms with Gasteiger partial charge in [-0.05, 0) is 49.9 Å². The maximum Gasteiger partial charge on any atom is 0.284 e. The van der Waals surface area contributed by atoms with Crippen molar-refractivity contribution in [2.45, 2.75) is 50.1 Å². The first-order valence-corrected chi connectivity index (χ1v) is 12.8. The van der Waals surface area contributed by atoms with E-state index >= 15 is 0 Å². The van der Waals surface area contributed by atoms with Crippen molar-refractivity contribution >= 4 is 17.4 Å². The molecule has 0 bridgehead atoms. The summed E-state index contributed by atoms with van der Waals surface area (Å²) in [5.74, 6) is 0.970. The number of para-hydroxylation sites is 1. The van der Waals surface area contributed by atoms with E-state index in [0.717, 1.165) is 54.3 Å². The summed E-state index contributed by atoms with van der Waals surface area (Å²) in [7, 11) is 0. The standard InChI is InChI=1S/C26H24N6O2S/c1-17-11-12-21-27-18(14-22(33)31(21)15-17)16-35-26-28-24-23(20-10-6-3-7-13-30(20)26)25(34)32(29-24)19-8-4-2-5-9-19/h2,4-5,8-9,11-12,14-15H,3,6-7,10,13,16H2,1H3. The Morgan fingerprint density at radius 2 is 1.86 bits per heavy atom. The Labute approximate surface area is 205 Å². The molecule has 0 saturated heterocycles. The van der Waals surface area contributed by atoms with Gasteiger partial charge in [0.25, 0.3) is 11.1 Å². The van der Waals surface area contributed by atoms with Crippen LogP contribution in [0.25, 0.3) is 22.7 Å². The summed E-state index contributed by atoms with van der Waals surface area (Å²) < 4.78 is 5.20. The topological polar surface area (TPSA) is 87.1 Å². The van der Waals surface area contributed by atoms with Crippen LogP contribution in [0.15, 0.2) is 69.5 Å². The van der Waals surface area contributed by atoms with Crippen molar-refractivity contribution in [2.24, 2.45) is 0 Å². The molecule has 176 valence electrons. The number of aromatic nitrogens is 6. The average Bonchev–Trinajstić information content (AvgIpc) is 3.03. The molecule has 3 aliphatic rings. The molecule has 9 heteroatoms. The van der Waals surface area contributed by atoms with Crippen LogP contribution in [-0.2, 0) is 18.7 Å². The lowest BCUT2D eigenvalue weighted by atomic mass is 10.1. The van der Waals surface area contributed by atoms with Gasteiger partial charge in [0.2, 0.25) is 0 Å². The first kappa shape index (κ1) is 21.8. The molecule has 0 fully saturated rings. The van der Waals surface area contributed by atoms with Crippen LogP contribution in [0.1, 0.15) is 36.2 Å². The highest BCUT2D eigenvalue weighted by atomic mass is 32.2. The lowest BCUT2D eigenvalue weighted by molar-refractivity contribution is 0.571. The van der Waals surface area contributed by atoms with Crippen molar-refractivity contribution in [1.29, 1.82) is 0 Å². The fraction of sp³-hybridized carbons (Fsp3) is 0.269. The molecular formula is C26H24N6O2S. The second-order valence-electron chi connectivity index (χ2n) is 8.86. The Hall–Kier alpha value is -3.72. The minimum atomic E-state index is -0.125. The van der Waals surface area contributed by atoms with Crippen LogP contribution in [0.3, 0.4) is 0 Å². The molecule has 0 unspecified atom stereocenters. The highest BCUT2D eigenvalue weighted by molar-refractivity contribution is 7.98. The van der Waals surface area contributed by atoms with E-state index in [-0.39, 0.29) is 11.1 Å². The molecule has 3 aromatic rings. The summed E-state index contributed by atoms with van der Waals surface area (Å²) in [6.07, 6.45) is 5.79. The molecule has 6 rings (SSSR count). The number of pyridine rings is 1. The first-order chi connectivity index (χ1) is 17.1. The molecule has 0 radical (unpaired) electrons. The van der Waals surface area contributed by atoms with Gasteiger partial charge in [-0.1, -0.05) is 42.4 Å². The van der Waals surface area contributed by atoms with Crippen LogP contribution in [0.5, 0.6) is 0 Å². The third-order valence-electron chi connectivity index (χ3n) is 6.38. The van der Waals surface area contributed by atoms with Gasteiger partial charge < -0.3 is 4.57 Å². The second-order valence-corrected chi connectivity index (χ2v) is 9.81. The molecule has 0 spiro atoms. The van der Waals surface area contributed by atoms with E-state index in [1.165, 1.54) is 16.4 Å². The third kappa shape index (κ3) is 3.95. The van der Waals surface area contributed by atoms with Crippen LogP contribution >= 0.6 is 11.8 Å². The Balaban J connectivity index is 1.42. The largest absolute Gasteiger partial charge is 0.324 e. The molecule has 0 N–H and O–H groups in total. The van der Waals surface area contributed by atoms with Crippen LogP contribution < -0.4 is 11.1 Å². The van der Waals surface area contributed by atoms with Gasteiger partial charge in [0, 0.05) is 30.3 Å². The predicted octanol–water partition coefficient (Wildman–Crippen LogP) is 3.87. The minimum absolute atomic E-state index is 0.0956. The lowest BCUT2D eigenvalue weighted by Gasteiger charge is -2.17. The van der Waals surface area contributed by atoms with Crippen LogP contribution in [-0.4, -0.2) is 28.7 Å². The quantitative estimate of drug-likeness (QED) is 0.284. The van der Waals surface area contributed by atoms with Crippen LogP contribution in [0.2, 0.25) is 0 Å². The summed E-state index contributed by atoms with van der Waals surface area (Å²) in [5.41, 5.74) is 4.46. The molecule has 2 aromatic heterocycles. The molecule has 0 saturated carbocycles. The molecule has 8 nitrogen and oxygen atoms in total. The molecular weight excluding hydrogens is 460 g/mol. The molecule has 1 aromatic carbocycles. The van der Waals surface area contributed by atoms with E-state index in [1.54, 1.807) is 16.7 Å². The Kier molecular flexibility index (Phi) is 5.49. The SMILES string of the molecule is Cc1ccc2nc(CSc3nc4nn(-c5ccccc5)c(=O)c-4c4n3CCCCC4)cc(=O)n2c1. The Morgan fingerprint density at radius 1 is 1.00 bits per heavy atom. The smallest absolute Gasteiger partial charge is 0.284 e. The Morgan fingerprint density at radius 3 is 2.71 bits per heavy atom. The van der Waals surface area contributed by atoms with Crippen molar-refractivity contribution < 1.29 is 0 Å². The van der Waals surface area contributed by atoms with E-state index in [9.17, 15) is 9.59 Å². The van der Waals surface area contributed by atoms with Crippen molar-refractivity contribution in [1.82, 2.24) is 28.7 Å².